The Morgan fingerprint density at radius 3 is 1.65 bits per heavy atom. The molecule has 0 aromatic carbocycles. The number of hydrogen-bond acceptors (Lipinski definition) is 5. The molecule has 0 amide bonds. The van der Waals surface area contributed by atoms with Crippen LogP contribution in [0.5, 0.6) is 0 Å². The van der Waals surface area contributed by atoms with E-state index in [4.69, 9.17) is 5.73 Å². The van der Waals surface area contributed by atoms with Gasteiger partial charge in [-0.1, -0.05) is 6.07 Å². The van der Waals surface area contributed by atoms with Crippen LogP contribution < -0.4 is 5.73 Å². The first-order valence-corrected chi connectivity index (χ1v) is 4.51. The summed E-state index contributed by atoms with van der Waals surface area (Å²) in [5, 5.41) is 0. The largest absolute Gasteiger partial charge is 0.491 e. The van der Waals surface area contributed by atoms with Crippen molar-refractivity contribution in [2.45, 2.75) is 12.4 Å². The van der Waals surface area contributed by atoms with Crippen LogP contribution in [0.2, 0.25) is 0 Å². The lowest BCUT2D eigenvalue weighted by Crippen LogP contribution is -2.34. The van der Waals surface area contributed by atoms with Gasteiger partial charge in [0.05, 0.1) is 0 Å². The molecule has 0 aliphatic rings. The number of aromatic nitrogens is 1. The minimum atomic E-state index is -5.62. The van der Waals surface area contributed by atoms with Crippen LogP contribution in [-0.4, -0.2) is 29.3 Å². The predicted octanol–water partition coefficient (Wildman–Crippen LogP) is 1.84. The lowest BCUT2D eigenvalue weighted by molar-refractivity contribution is -0.221. The first-order chi connectivity index (χ1) is 8.94. The highest BCUT2D eigenvalue weighted by atomic mass is 19.4. The Kier molecular flexibility index (Phi) is 5.94. The Labute approximate surface area is 107 Å². The highest BCUT2D eigenvalue weighted by Gasteiger charge is 2.49. The van der Waals surface area contributed by atoms with E-state index in [9.17, 15) is 35.9 Å². The number of carbonyl (C=O) groups excluding carboxylic acids is 2. The highest BCUT2D eigenvalue weighted by molar-refractivity contribution is 5.90. The van der Waals surface area contributed by atoms with Gasteiger partial charge in [0, 0.05) is 6.20 Å². The maximum absolute atomic E-state index is 11.2. The van der Waals surface area contributed by atoms with Crippen LogP contribution in [0.15, 0.2) is 24.4 Å². The van der Waals surface area contributed by atoms with Crippen molar-refractivity contribution in [1.29, 1.82) is 0 Å². The molecular formula is C9H6F6N2O3. The van der Waals surface area contributed by atoms with Crippen LogP contribution in [-0.2, 0) is 14.3 Å². The normalized spacial score (nSPS) is 11.1. The Morgan fingerprint density at radius 1 is 1.00 bits per heavy atom. The number of nitrogens with two attached hydrogens (primary N) is 1. The minimum Gasteiger partial charge on any atom is -0.384 e. The van der Waals surface area contributed by atoms with Crippen molar-refractivity contribution < 1.29 is 40.7 Å². The summed E-state index contributed by atoms with van der Waals surface area (Å²) in [4.78, 5) is 23.1. The summed E-state index contributed by atoms with van der Waals surface area (Å²) in [5.41, 5.74) is 5.25. The van der Waals surface area contributed by atoms with Gasteiger partial charge in [0.25, 0.3) is 0 Å². The molecule has 0 atom stereocenters. The zero-order chi connectivity index (χ0) is 16.0. The van der Waals surface area contributed by atoms with Crippen LogP contribution >= 0.6 is 0 Å². The van der Waals surface area contributed by atoms with Crippen molar-refractivity contribution in [3.8, 4) is 0 Å². The summed E-state index contributed by atoms with van der Waals surface area (Å²) < 4.78 is 69.7. The maximum Gasteiger partial charge on any atom is 0.491 e. The van der Waals surface area contributed by atoms with Gasteiger partial charge in [0.1, 0.15) is 5.82 Å². The lowest BCUT2D eigenvalue weighted by atomic mass is 10.5. The summed E-state index contributed by atoms with van der Waals surface area (Å²) in [5.74, 6) is -5.83. The standard InChI is InChI=1S/C5H6N2.C4F6O3/c6-5-3-1-2-4-7-5;5-3(6,7)1(11)13-2(12)4(8,9)10/h1-4H,(H2,6,7);. The van der Waals surface area contributed by atoms with Crippen LogP contribution in [0, 0.1) is 0 Å². The number of anilines is 1. The Hall–Kier alpha value is -2.33. The molecule has 0 saturated carbocycles. The van der Waals surface area contributed by atoms with E-state index < -0.39 is 24.3 Å². The number of nitrogen functional groups attached to an aromatic ring is 1. The average Bonchev–Trinajstić information content (AvgIpc) is 2.28. The van der Waals surface area contributed by atoms with Gasteiger partial charge in [-0.3, -0.25) is 0 Å². The molecule has 20 heavy (non-hydrogen) atoms. The third kappa shape index (κ3) is 7.18. The highest BCUT2D eigenvalue weighted by Crippen LogP contribution is 2.21. The quantitative estimate of drug-likeness (QED) is 0.449. The summed E-state index contributed by atoms with van der Waals surface area (Å²) in [6.45, 7) is 0. The number of pyridine rings is 1. The van der Waals surface area contributed by atoms with E-state index in [1.807, 2.05) is 12.1 Å². The fourth-order valence-electron chi connectivity index (χ4n) is 0.576. The number of esters is 2. The average molecular weight is 304 g/mol. The summed E-state index contributed by atoms with van der Waals surface area (Å²) in [6.07, 6.45) is -9.59. The van der Waals surface area contributed by atoms with Crippen LogP contribution in [0.1, 0.15) is 0 Å². The van der Waals surface area contributed by atoms with E-state index in [1.54, 1.807) is 12.3 Å². The van der Waals surface area contributed by atoms with Gasteiger partial charge in [-0.05, 0) is 12.1 Å². The third-order valence-electron chi connectivity index (χ3n) is 1.34. The van der Waals surface area contributed by atoms with Crippen molar-refractivity contribution in [2.75, 3.05) is 5.73 Å². The van der Waals surface area contributed by atoms with Gasteiger partial charge in [-0.15, -0.1) is 0 Å². The van der Waals surface area contributed by atoms with Crippen LogP contribution in [0.4, 0.5) is 32.2 Å². The molecule has 0 aliphatic carbocycles. The minimum absolute atomic E-state index is 0.572. The first-order valence-electron chi connectivity index (χ1n) is 4.51. The SMILES string of the molecule is Nc1ccccn1.O=C(OC(=O)C(F)(F)F)C(F)(F)F. The molecule has 5 nitrogen and oxygen atoms in total. The number of alkyl halides is 6. The zero-order valence-electron chi connectivity index (χ0n) is 9.33. The molecule has 0 saturated heterocycles. The molecule has 1 rings (SSSR count). The van der Waals surface area contributed by atoms with E-state index in [0.717, 1.165) is 0 Å². The number of ether oxygens (including phenoxy) is 1. The second kappa shape index (κ2) is 6.73. The fraction of sp³-hybridized carbons (Fsp3) is 0.222. The summed E-state index contributed by atoms with van der Waals surface area (Å²) in [6, 6.07) is 5.43. The van der Waals surface area contributed by atoms with Gasteiger partial charge in [-0.25, -0.2) is 14.6 Å². The molecule has 0 radical (unpaired) electrons. The smallest absolute Gasteiger partial charge is 0.384 e. The number of carbonyl (C=O) groups is 2. The Balaban J connectivity index is 0.000000428. The number of nitrogens with zero attached hydrogens (tertiary/aromatic N) is 1. The van der Waals surface area contributed by atoms with E-state index in [1.165, 1.54) is 0 Å². The molecule has 0 aliphatic heterocycles. The van der Waals surface area contributed by atoms with Crippen molar-refractivity contribution in [1.82, 2.24) is 4.98 Å². The molecule has 2 N–H and O–H groups in total. The Morgan fingerprint density at radius 2 is 1.45 bits per heavy atom. The van der Waals surface area contributed by atoms with Gasteiger partial charge in [0.15, 0.2) is 0 Å². The van der Waals surface area contributed by atoms with Crippen molar-refractivity contribution >= 4 is 17.8 Å². The van der Waals surface area contributed by atoms with Gasteiger partial charge < -0.3 is 10.5 Å². The molecule has 11 heteroatoms. The molecular weight excluding hydrogens is 298 g/mol. The number of rotatable bonds is 0. The molecule has 1 heterocycles. The second-order valence-corrected chi connectivity index (χ2v) is 2.93. The molecule has 112 valence electrons. The van der Waals surface area contributed by atoms with Crippen molar-refractivity contribution in [3.63, 3.8) is 0 Å². The predicted molar refractivity (Wildman–Crippen MR) is 51.9 cm³/mol. The molecule has 0 unspecified atom stereocenters. The van der Waals surface area contributed by atoms with E-state index in [2.05, 4.69) is 9.72 Å². The summed E-state index contributed by atoms with van der Waals surface area (Å²) >= 11 is 0. The Bertz CT molecular complexity index is 433. The van der Waals surface area contributed by atoms with Crippen molar-refractivity contribution in [3.05, 3.63) is 24.4 Å². The third-order valence-corrected chi connectivity index (χ3v) is 1.34. The van der Waals surface area contributed by atoms with E-state index in [0.29, 0.717) is 5.82 Å². The lowest BCUT2D eigenvalue weighted by Gasteiger charge is -2.06. The number of hydrogen-bond donors (Lipinski definition) is 1. The maximum atomic E-state index is 11.2. The van der Waals surface area contributed by atoms with E-state index in [-0.39, 0.29) is 0 Å². The molecule has 0 spiro atoms. The van der Waals surface area contributed by atoms with Crippen molar-refractivity contribution in [2.24, 2.45) is 0 Å². The van der Waals surface area contributed by atoms with Crippen LogP contribution in [0.25, 0.3) is 0 Å². The first kappa shape index (κ1) is 17.7. The molecule has 1 aromatic heterocycles. The molecule has 0 fully saturated rings. The topological polar surface area (TPSA) is 82.3 Å². The summed E-state index contributed by atoms with van der Waals surface area (Å²) in [7, 11) is 0. The molecule has 1 aromatic rings. The monoisotopic (exact) mass is 304 g/mol. The zero-order valence-corrected chi connectivity index (χ0v) is 9.33. The second-order valence-electron chi connectivity index (χ2n) is 2.93. The van der Waals surface area contributed by atoms with Crippen LogP contribution in [0.3, 0.4) is 0 Å². The van der Waals surface area contributed by atoms with Gasteiger partial charge in [-0.2, -0.15) is 26.3 Å². The van der Waals surface area contributed by atoms with E-state index >= 15 is 0 Å². The van der Waals surface area contributed by atoms with Gasteiger partial charge in [0.2, 0.25) is 0 Å². The number of halogens is 6. The molecule has 0 bridgehead atoms. The fourth-order valence-corrected chi connectivity index (χ4v) is 0.576. The van der Waals surface area contributed by atoms with Gasteiger partial charge >= 0.3 is 24.3 Å².